The Morgan fingerprint density at radius 3 is 1.75 bits per heavy atom. The van der Waals surface area contributed by atoms with E-state index in [1.54, 1.807) is 0 Å². The van der Waals surface area contributed by atoms with E-state index in [0.29, 0.717) is 0 Å². The standard InChI is InChI=1S/C53H36N2/c1-4-17-35(18-5-1)37-21-16-22-38(31-37)48-32-39(36-19-6-2-7-20-36)33-49(54-48)46-34-47-42-26-11-13-28-44(42)53-52(51(47)43-27-12-10-25-41(43)46)45-29-14-15-30-50(45)55(53)40-23-8-3-9-24-40/h1-34,45,50H. The lowest BCUT2D eigenvalue weighted by molar-refractivity contribution is 0.748. The smallest absolute Gasteiger partial charge is 0.0722 e. The minimum atomic E-state index is 0.188. The molecule has 0 saturated heterocycles. The summed E-state index contributed by atoms with van der Waals surface area (Å²) in [4.78, 5) is 8.11. The van der Waals surface area contributed by atoms with Crippen LogP contribution in [-0.2, 0) is 0 Å². The normalized spacial score (nSPS) is 15.8. The van der Waals surface area contributed by atoms with Crippen LogP contribution in [0.25, 0.3) is 77.1 Å². The second kappa shape index (κ2) is 12.8. The molecule has 0 fully saturated rings. The first kappa shape index (κ1) is 31.5. The fourth-order valence-corrected chi connectivity index (χ4v) is 9.11. The zero-order valence-corrected chi connectivity index (χ0v) is 30.2. The highest BCUT2D eigenvalue weighted by molar-refractivity contribution is 6.26. The molecule has 8 aromatic carbocycles. The van der Waals surface area contributed by atoms with Gasteiger partial charge in [-0.2, -0.15) is 0 Å². The fraction of sp³-hybridized carbons (Fsp3) is 0.0377. The monoisotopic (exact) mass is 700 g/mol. The number of pyridine rings is 1. The summed E-state index contributed by atoms with van der Waals surface area (Å²) in [6.07, 6.45) is 9.22. The summed E-state index contributed by atoms with van der Waals surface area (Å²) in [5, 5.41) is 7.59. The second-order valence-electron chi connectivity index (χ2n) is 14.6. The van der Waals surface area contributed by atoms with Crippen LogP contribution in [0.1, 0.15) is 11.5 Å². The van der Waals surface area contributed by atoms with Crippen LogP contribution < -0.4 is 4.90 Å². The van der Waals surface area contributed by atoms with Crippen molar-refractivity contribution in [3.8, 4) is 44.8 Å². The highest BCUT2D eigenvalue weighted by Gasteiger charge is 2.40. The Bertz CT molecular complexity index is 2980. The molecular weight excluding hydrogens is 665 g/mol. The molecule has 2 heteroatoms. The molecule has 0 saturated carbocycles. The lowest BCUT2D eigenvalue weighted by Crippen LogP contribution is -2.28. The van der Waals surface area contributed by atoms with Gasteiger partial charge in [0.05, 0.1) is 23.1 Å². The summed E-state index contributed by atoms with van der Waals surface area (Å²) in [5.74, 6) is 0.213. The molecule has 0 amide bonds. The van der Waals surface area contributed by atoms with Gasteiger partial charge in [0.25, 0.3) is 0 Å². The van der Waals surface area contributed by atoms with Gasteiger partial charge in [0, 0.05) is 28.1 Å². The highest BCUT2D eigenvalue weighted by atomic mass is 15.2. The predicted molar refractivity (Wildman–Crippen MR) is 232 cm³/mol. The summed E-state index contributed by atoms with van der Waals surface area (Å²) in [5.41, 5.74) is 12.8. The molecule has 9 aromatic rings. The van der Waals surface area contributed by atoms with Gasteiger partial charge in [0.2, 0.25) is 0 Å². The third-order valence-corrected chi connectivity index (χ3v) is 11.5. The molecule has 1 aromatic heterocycles. The van der Waals surface area contributed by atoms with Crippen molar-refractivity contribution >= 4 is 43.7 Å². The number of nitrogens with zero attached hydrogens (tertiary/aromatic N) is 2. The maximum atomic E-state index is 5.53. The van der Waals surface area contributed by atoms with Gasteiger partial charge in [-0.15, -0.1) is 0 Å². The predicted octanol–water partition coefficient (Wildman–Crippen LogP) is 13.9. The van der Waals surface area contributed by atoms with E-state index in [1.165, 1.54) is 65.9 Å². The molecule has 2 heterocycles. The average molecular weight is 701 g/mol. The number of allylic oxidation sites excluding steroid dienone is 2. The molecule has 2 unspecified atom stereocenters. The van der Waals surface area contributed by atoms with Crippen molar-refractivity contribution in [2.45, 2.75) is 12.0 Å². The number of rotatable bonds is 5. The van der Waals surface area contributed by atoms with E-state index in [-0.39, 0.29) is 12.0 Å². The molecule has 0 spiro atoms. The zero-order chi connectivity index (χ0) is 36.3. The number of hydrogen-bond donors (Lipinski definition) is 0. The van der Waals surface area contributed by atoms with Crippen LogP contribution in [0.3, 0.4) is 0 Å². The van der Waals surface area contributed by atoms with Crippen LogP contribution in [0.5, 0.6) is 0 Å². The van der Waals surface area contributed by atoms with Crippen molar-refractivity contribution in [3.05, 3.63) is 212 Å². The van der Waals surface area contributed by atoms with Crippen LogP contribution in [0.4, 0.5) is 11.4 Å². The molecule has 2 aliphatic rings. The first-order chi connectivity index (χ1) is 27.3. The largest absolute Gasteiger partial charge is 0.333 e. The van der Waals surface area contributed by atoms with Gasteiger partial charge in [-0.25, -0.2) is 4.98 Å². The van der Waals surface area contributed by atoms with Crippen LogP contribution in [-0.4, -0.2) is 11.0 Å². The minimum absolute atomic E-state index is 0.188. The van der Waals surface area contributed by atoms with Gasteiger partial charge in [-0.1, -0.05) is 170 Å². The molecule has 0 bridgehead atoms. The van der Waals surface area contributed by atoms with Crippen LogP contribution in [0.2, 0.25) is 0 Å². The third-order valence-electron chi connectivity index (χ3n) is 11.5. The van der Waals surface area contributed by atoms with E-state index in [9.17, 15) is 0 Å². The van der Waals surface area contributed by atoms with E-state index in [4.69, 9.17) is 4.98 Å². The maximum Gasteiger partial charge on any atom is 0.0722 e. The van der Waals surface area contributed by atoms with E-state index in [1.807, 2.05) is 0 Å². The van der Waals surface area contributed by atoms with E-state index in [2.05, 4.69) is 211 Å². The first-order valence-corrected chi connectivity index (χ1v) is 19.1. The third kappa shape index (κ3) is 5.14. The number of para-hydroxylation sites is 1. The second-order valence-corrected chi connectivity index (χ2v) is 14.6. The lowest BCUT2D eigenvalue weighted by atomic mass is 9.83. The molecule has 11 rings (SSSR count). The Morgan fingerprint density at radius 1 is 0.400 bits per heavy atom. The molecule has 0 radical (unpaired) electrons. The van der Waals surface area contributed by atoms with Crippen LogP contribution in [0.15, 0.2) is 206 Å². The molecule has 2 nitrogen and oxygen atoms in total. The topological polar surface area (TPSA) is 16.1 Å². The van der Waals surface area contributed by atoms with E-state index < -0.39 is 0 Å². The Balaban J connectivity index is 1.21. The quantitative estimate of drug-likeness (QED) is 0.166. The van der Waals surface area contributed by atoms with Crippen LogP contribution >= 0.6 is 0 Å². The van der Waals surface area contributed by atoms with Crippen molar-refractivity contribution in [1.82, 2.24) is 4.98 Å². The van der Waals surface area contributed by atoms with Crippen LogP contribution in [0, 0.1) is 0 Å². The van der Waals surface area contributed by atoms with Crippen molar-refractivity contribution in [2.75, 3.05) is 4.90 Å². The minimum Gasteiger partial charge on any atom is -0.333 e. The zero-order valence-electron chi connectivity index (χ0n) is 30.2. The SMILES string of the molecule is C1=CC2c3c(c4ccccc4c4cc(-c5cc(-c6ccccc6)cc(-c6cccc(-c7ccccc7)c6)n5)c5ccccc5c34)N(c3ccccc3)C2C=C1. The Morgan fingerprint density at radius 2 is 0.982 bits per heavy atom. The summed E-state index contributed by atoms with van der Waals surface area (Å²) in [6.45, 7) is 0. The maximum absolute atomic E-state index is 5.53. The number of aromatic nitrogens is 1. The van der Waals surface area contributed by atoms with Gasteiger partial charge >= 0.3 is 0 Å². The summed E-state index contributed by atoms with van der Waals surface area (Å²) in [6, 6.07) is 66.1. The molecule has 2 atom stereocenters. The number of hydrogen-bond acceptors (Lipinski definition) is 2. The Hall–Kier alpha value is -7.03. The average Bonchev–Trinajstić information content (AvgIpc) is 3.62. The molecular formula is C53H36N2. The summed E-state index contributed by atoms with van der Waals surface area (Å²) in [7, 11) is 0. The Labute approximate surface area is 321 Å². The van der Waals surface area contributed by atoms with Gasteiger partial charge in [0.1, 0.15) is 0 Å². The van der Waals surface area contributed by atoms with Crippen molar-refractivity contribution < 1.29 is 0 Å². The van der Waals surface area contributed by atoms with Gasteiger partial charge in [0.15, 0.2) is 0 Å². The molecule has 0 N–H and O–H groups in total. The molecule has 1 aliphatic carbocycles. The van der Waals surface area contributed by atoms with Crippen molar-refractivity contribution in [3.63, 3.8) is 0 Å². The van der Waals surface area contributed by atoms with E-state index >= 15 is 0 Å². The van der Waals surface area contributed by atoms with Gasteiger partial charge in [-0.05, 0) is 91.1 Å². The Kier molecular flexibility index (Phi) is 7.34. The fourth-order valence-electron chi connectivity index (χ4n) is 9.11. The first-order valence-electron chi connectivity index (χ1n) is 19.1. The summed E-state index contributed by atoms with van der Waals surface area (Å²) >= 11 is 0. The highest BCUT2D eigenvalue weighted by Crippen LogP contribution is 2.56. The molecule has 55 heavy (non-hydrogen) atoms. The van der Waals surface area contributed by atoms with Crippen molar-refractivity contribution in [2.24, 2.45) is 0 Å². The lowest BCUT2D eigenvalue weighted by Gasteiger charge is -2.29. The van der Waals surface area contributed by atoms with Crippen molar-refractivity contribution in [1.29, 1.82) is 0 Å². The molecule has 1 aliphatic heterocycles. The van der Waals surface area contributed by atoms with Gasteiger partial charge < -0.3 is 4.90 Å². The number of benzene rings is 8. The summed E-state index contributed by atoms with van der Waals surface area (Å²) < 4.78 is 0. The number of fused-ring (bicyclic) bond motifs is 10. The number of anilines is 2. The van der Waals surface area contributed by atoms with E-state index in [0.717, 1.165) is 28.1 Å². The van der Waals surface area contributed by atoms with Gasteiger partial charge in [-0.3, -0.25) is 0 Å². The molecule has 258 valence electrons.